The van der Waals surface area contributed by atoms with Crippen molar-refractivity contribution in [3.63, 3.8) is 0 Å². The second-order valence-corrected chi connectivity index (χ2v) is 32.3. The molecule has 0 saturated carbocycles. The molecule has 5 radical (unpaired) electrons. The SMILES string of the molecule is C=C1C=C(C)C=C(C)N1C(C)(C)C.C=C1C=[C-]C(C)=C(C)N1C(C)(C)C.C=C1C=[C-]C(C)=CN1C(C)(C)C.Cc1[c-]cc(=O)n(C(C)(C)C)c1C.Cc1c[c-]c2cc(C)n(C(C)(C)C)c2c1.Cc1c[c-]c2ccn(C(C)(C)C)c2c1.Cc1cc(=O)n(C(C)(C)C)cc1C.[Y].[Y].[Y].[Y].[Y]. The van der Waals surface area contributed by atoms with Gasteiger partial charge in [0.15, 0.2) is 0 Å². The Morgan fingerprint density at radius 3 is 1.34 bits per heavy atom. The Labute approximate surface area is 722 Å². The Bertz CT molecular complexity index is 3990. The molecule has 0 amide bonds. The second kappa shape index (κ2) is 40.5. The summed E-state index contributed by atoms with van der Waals surface area (Å²) in [4.78, 5) is 29.9. The summed E-state index contributed by atoms with van der Waals surface area (Å²) in [6, 6.07) is 25.7. The zero-order valence-electron chi connectivity index (χ0n) is 67.1. The minimum Gasteiger partial charge on any atom is -0.449 e. The van der Waals surface area contributed by atoms with Gasteiger partial charge in [0.2, 0.25) is 0 Å². The van der Waals surface area contributed by atoms with Gasteiger partial charge in [-0.15, -0.1) is 113 Å². The van der Waals surface area contributed by atoms with Crippen LogP contribution in [0.25, 0.3) is 21.8 Å². The molecule has 9 nitrogen and oxygen atoms in total. The molecular formula is C84H120N7O2Y5-5. The van der Waals surface area contributed by atoms with Gasteiger partial charge in [0.05, 0.1) is 0 Å². The van der Waals surface area contributed by atoms with Crippen LogP contribution in [0.15, 0.2) is 166 Å². The predicted octanol–water partition coefficient (Wildman–Crippen LogP) is 21.2. The summed E-state index contributed by atoms with van der Waals surface area (Å²) >= 11 is 0. The Morgan fingerprint density at radius 2 is 0.908 bits per heavy atom. The number of nitrogens with zero attached hydrogens (tertiary/aromatic N) is 7. The number of hydrogen-bond acceptors (Lipinski definition) is 5. The molecule has 4 aromatic heterocycles. The molecule has 0 N–H and O–H groups in total. The average molecular weight is 1700 g/mol. The largest absolute Gasteiger partial charge is 0.449 e. The molecule has 3 aliphatic rings. The molecule has 0 saturated heterocycles. The number of hydrogen-bond donors (Lipinski definition) is 0. The summed E-state index contributed by atoms with van der Waals surface area (Å²) in [7, 11) is 0. The molecule has 0 atom stereocenters. The monoisotopic (exact) mass is 1700 g/mol. The van der Waals surface area contributed by atoms with E-state index in [1.54, 1.807) is 15.2 Å². The summed E-state index contributed by atoms with van der Waals surface area (Å²) in [5.41, 5.74) is 20.4. The van der Waals surface area contributed by atoms with Crippen LogP contribution in [0.2, 0.25) is 0 Å². The third-order valence-corrected chi connectivity index (χ3v) is 15.9. The van der Waals surface area contributed by atoms with Crippen molar-refractivity contribution in [2.75, 3.05) is 0 Å². The zero-order chi connectivity index (χ0) is 71.8. The van der Waals surface area contributed by atoms with E-state index in [0.717, 1.165) is 45.0 Å². The molecule has 98 heavy (non-hydrogen) atoms. The smallest absolute Gasteiger partial charge is 0.251 e. The third-order valence-electron chi connectivity index (χ3n) is 15.9. The van der Waals surface area contributed by atoms with Gasteiger partial charge < -0.3 is 37.8 Å². The quantitative estimate of drug-likeness (QED) is 0.142. The summed E-state index contributed by atoms with van der Waals surface area (Å²) in [6.45, 7) is 82.0. The van der Waals surface area contributed by atoms with Crippen LogP contribution < -0.4 is 11.1 Å². The van der Waals surface area contributed by atoms with E-state index in [-0.39, 0.29) is 213 Å². The molecule has 523 valence electrons. The maximum absolute atomic E-state index is 11.6. The number of allylic oxidation sites excluding steroid dienone is 11. The topological polar surface area (TPSA) is 63.6 Å². The predicted molar refractivity (Wildman–Crippen MR) is 402 cm³/mol. The fourth-order valence-electron chi connectivity index (χ4n) is 11.6. The van der Waals surface area contributed by atoms with Crippen LogP contribution in [-0.2, 0) is 186 Å². The van der Waals surface area contributed by atoms with E-state index >= 15 is 0 Å². The Morgan fingerprint density at radius 1 is 0.429 bits per heavy atom. The first kappa shape index (κ1) is 100. The van der Waals surface area contributed by atoms with Crippen LogP contribution in [0, 0.1) is 78.8 Å². The van der Waals surface area contributed by atoms with Gasteiger partial charge in [-0.25, -0.2) is 0 Å². The van der Waals surface area contributed by atoms with Crippen LogP contribution in [0.3, 0.4) is 0 Å². The van der Waals surface area contributed by atoms with Gasteiger partial charge in [-0.3, -0.25) is 4.79 Å². The van der Waals surface area contributed by atoms with Gasteiger partial charge in [0, 0.05) is 226 Å². The molecule has 7 heterocycles. The zero-order valence-corrected chi connectivity index (χ0v) is 81.3. The normalized spacial score (nSPS) is 13.9. The number of pyridine rings is 2. The molecule has 2 aromatic carbocycles. The van der Waals surface area contributed by atoms with Crippen LogP contribution in [0.4, 0.5) is 0 Å². The average Bonchev–Trinajstić information content (AvgIpc) is 1.60. The maximum atomic E-state index is 11.6. The van der Waals surface area contributed by atoms with Crippen molar-refractivity contribution >= 4 is 21.8 Å². The van der Waals surface area contributed by atoms with E-state index in [1.807, 2.05) is 101 Å². The molecular weight excluding hydrogens is 1580 g/mol. The van der Waals surface area contributed by atoms with E-state index in [9.17, 15) is 9.59 Å². The van der Waals surface area contributed by atoms with Crippen LogP contribution >= 0.6 is 0 Å². The van der Waals surface area contributed by atoms with Gasteiger partial charge in [-0.05, 0) is 232 Å². The fourth-order valence-corrected chi connectivity index (χ4v) is 11.6. The van der Waals surface area contributed by atoms with Crippen molar-refractivity contribution in [3.05, 3.63) is 247 Å². The summed E-state index contributed by atoms with van der Waals surface area (Å²) in [5.74, 6) is 0. The van der Waals surface area contributed by atoms with Crippen molar-refractivity contribution in [2.45, 2.75) is 267 Å². The van der Waals surface area contributed by atoms with Crippen molar-refractivity contribution < 1.29 is 164 Å². The molecule has 14 heteroatoms. The molecule has 0 fully saturated rings. The number of fused-ring (bicyclic) bond motifs is 2. The molecule has 9 rings (SSSR count). The van der Waals surface area contributed by atoms with Crippen LogP contribution in [0.5, 0.6) is 0 Å². The summed E-state index contributed by atoms with van der Waals surface area (Å²) < 4.78 is 8.26. The molecule has 0 unspecified atom stereocenters. The van der Waals surface area contributed by atoms with E-state index in [0.29, 0.717) is 0 Å². The second-order valence-electron chi connectivity index (χ2n) is 32.3. The minimum atomic E-state index is -0.152. The first-order chi connectivity index (χ1) is 42.1. The van der Waals surface area contributed by atoms with Gasteiger partial charge in [0.25, 0.3) is 5.56 Å². The standard InChI is InChI=1S/C14H18N.C13H16N.C12H19N.C12H18N.C11H17NO.C11H16NO.C11H16N.5Y/c1-10-6-7-12-9-11(2)15(13(12)8-10)14(3,4)5;1-10-5-6-11-7-8-14(12(11)9-10)13(2,3)4;1-9-7-10(2)13(11(3)8-9)12(4,5)6;1-9-7-8-10(2)13(11(9)3)12(4,5)6;1-8-6-10(13)12(7-9(8)2)11(3,4)5;1-8-6-7-10(13)12(9(8)2)11(3,4)5;1-9-6-7-10(2)12(8-9)11(3,4)5;;;;;/h6,8-9H,1-5H3;5,7-9H,1-4H3;7-8H,2H2,1,3-6H3;8H,2H2,1,3-6H3;6-7H,1-5H3;7H,1-5H3;7-8H,2H2,1,3-5H3;;;;;/q2*-1;;-1;;2*-1;;;;;. The van der Waals surface area contributed by atoms with Gasteiger partial charge in [0.1, 0.15) is 5.56 Å². The van der Waals surface area contributed by atoms with Gasteiger partial charge in [-0.1, -0.05) is 77.8 Å². The van der Waals surface area contributed by atoms with Crippen molar-refractivity contribution in [3.8, 4) is 0 Å². The number of rotatable bonds is 0. The van der Waals surface area contributed by atoms with Crippen molar-refractivity contribution in [1.29, 1.82) is 0 Å². The summed E-state index contributed by atoms with van der Waals surface area (Å²) in [5, 5.41) is 2.42. The molecule has 0 spiro atoms. The molecule has 0 bridgehead atoms. The Balaban J connectivity index is -0.00000107. The van der Waals surface area contributed by atoms with E-state index in [2.05, 4.69) is 281 Å². The van der Waals surface area contributed by atoms with Gasteiger partial charge >= 0.3 is 0 Å². The minimum absolute atomic E-state index is 0. The molecule has 3 aliphatic heterocycles. The van der Waals surface area contributed by atoms with Gasteiger partial charge in [-0.2, -0.15) is 30.4 Å². The van der Waals surface area contributed by atoms with E-state index < -0.39 is 0 Å². The first-order valence-electron chi connectivity index (χ1n) is 32.8. The number of benzene rings is 2. The number of aryl methyl sites for hydroxylation is 6. The Hall–Kier alpha value is -2.00. The van der Waals surface area contributed by atoms with E-state index in [1.165, 1.54) is 67.2 Å². The van der Waals surface area contributed by atoms with Crippen molar-refractivity contribution in [2.24, 2.45) is 0 Å². The molecule has 6 aromatic rings. The van der Waals surface area contributed by atoms with Crippen LogP contribution in [-0.4, -0.2) is 49.6 Å². The number of aromatic nitrogens is 4. The fraction of sp³-hybridized carbons (Fsp3) is 0.476. The van der Waals surface area contributed by atoms with E-state index in [4.69, 9.17) is 0 Å². The maximum Gasteiger partial charge on any atom is 0.251 e. The Kier molecular flexibility index (Phi) is 41.4. The third kappa shape index (κ3) is 29.5. The molecule has 0 aliphatic carbocycles. The first-order valence-corrected chi connectivity index (χ1v) is 32.8. The summed E-state index contributed by atoms with van der Waals surface area (Å²) in [6.07, 6.45) is 20.7. The van der Waals surface area contributed by atoms with Crippen LogP contribution in [0.1, 0.15) is 219 Å². The van der Waals surface area contributed by atoms with Crippen molar-refractivity contribution in [1.82, 2.24) is 33.0 Å².